The van der Waals surface area contributed by atoms with Crippen molar-refractivity contribution in [3.63, 3.8) is 0 Å². The molecule has 4 aromatic carbocycles. The number of nitriles is 1. The second-order valence-electron chi connectivity index (χ2n) is 6.78. The molecule has 0 spiro atoms. The maximum Gasteiger partial charge on any atom is 0.406 e. The van der Waals surface area contributed by atoms with Crippen LogP contribution in [-0.4, -0.2) is 13.3 Å². The largest absolute Gasteiger partial charge is 0.458 e. The molecule has 164 valence electrons. The highest BCUT2D eigenvalue weighted by atomic mass is 16.8. The van der Waals surface area contributed by atoms with Crippen LogP contribution >= 0.6 is 0 Å². The van der Waals surface area contributed by atoms with Crippen molar-refractivity contribution >= 4 is 0 Å². The molecule has 0 amide bonds. The zero-order valence-corrected chi connectivity index (χ0v) is 17.7. The van der Waals surface area contributed by atoms with Crippen LogP contribution in [0.15, 0.2) is 109 Å². The van der Waals surface area contributed by atoms with E-state index in [9.17, 15) is 0 Å². The van der Waals surface area contributed by atoms with Gasteiger partial charge >= 0.3 is 6.48 Å². The molecular weight excluding hydrogens is 418 g/mol. The lowest BCUT2D eigenvalue weighted by Gasteiger charge is -2.21. The number of ether oxygens (including phenoxy) is 5. The lowest BCUT2D eigenvalue weighted by atomic mass is 10.2. The van der Waals surface area contributed by atoms with Crippen molar-refractivity contribution in [1.82, 2.24) is 0 Å². The highest BCUT2D eigenvalue weighted by molar-refractivity contribution is 5.35. The van der Waals surface area contributed by atoms with Crippen molar-refractivity contribution in [1.29, 1.82) is 5.26 Å². The van der Waals surface area contributed by atoms with Gasteiger partial charge in [-0.1, -0.05) is 36.4 Å². The molecule has 0 N–H and O–H groups in total. The summed E-state index contributed by atoms with van der Waals surface area (Å²) in [7, 11) is 0. The van der Waals surface area contributed by atoms with Crippen LogP contribution < -0.4 is 23.7 Å². The van der Waals surface area contributed by atoms with Gasteiger partial charge in [-0.2, -0.15) is 5.26 Å². The van der Waals surface area contributed by atoms with Gasteiger partial charge in [0.2, 0.25) is 6.79 Å². The first-order valence-electron chi connectivity index (χ1n) is 10.2. The van der Waals surface area contributed by atoms with E-state index in [0.29, 0.717) is 28.6 Å². The van der Waals surface area contributed by atoms with Gasteiger partial charge in [-0.15, -0.1) is 0 Å². The van der Waals surface area contributed by atoms with Crippen LogP contribution in [-0.2, 0) is 0 Å². The van der Waals surface area contributed by atoms with Crippen LogP contribution in [0.4, 0.5) is 0 Å². The second kappa shape index (κ2) is 11.1. The summed E-state index contributed by atoms with van der Waals surface area (Å²) in [4.78, 5) is 0. The summed E-state index contributed by atoms with van der Waals surface area (Å²) in [6.07, 6.45) is 0. The topological polar surface area (TPSA) is 69.9 Å². The highest BCUT2D eigenvalue weighted by Crippen LogP contribution is 2.22. The maximum absolute atomic E-state index is 8.98. The van der Waals surface area contributed by atoms with Crippen molar-refractivity contribution in [2.24, 2.45) is 0 Å². The first-order valence-corrected chi connectivity index (χ1v) is 10.2. The van der Waals surface area contributed by atoms with E-state index >= 15 is 0 Å². The fourth-order valence-electron chi connectivity index (χ4n) is 2.81. The first kappa shape index (κ1) is 21.6. The minimum absolute atomic E-state index is 0.0891. The molecule has 1 unspecified atom stereocenters. The minimum Gasteiger partial charge on any atom is -0.458 e. The van der Waals surface area contributed by atoms with Gasteiger partial charge in [0.15, 0.2) is 0 Å². The summed E-state index contributed by atoms with van der Waals surface area (Å²) in [5.41, 5.74) is 0.538. The van der Waals surface area contributed by atoms with Gasteiger partial charge in [0.25, 0.3) is 0 Å². The molecular formula is C27H21NO5. The highest BCUT2D eigenvalue weighted by Gasteiger charge is 2.15. The third-order valence-electron chi connectivity index (χ3n) is 4.44. The number of nitrogens with zero attached hydrogens (tertiary/aromatic N) is 1. The van der Waals surface area contributed by atoms with Crippen LogP contribution in [0.1, 0.15) is 5.56 Å². The Kier molecular flexibility index (Phi) is 7.28. The summed E-state index contributed by atoms with van der Waals surface area (Å²) < 4.78 is 28.8. The summed E-state index contributed by atoms with van der Waals surface area (Å²) in [5, 5.41) is 8.98. The first-order chi connectivity index (χ1) is 16.3. The Bertz CT molecular complexity index is 1160. The fraction of sp³-hybridized carbons (Fsp3) is 0.0741. The summed E-state index contributed by atoms with van der Waals surface area (Å²) in [6.45, 7) is -0.959. The molecule has 0 aliphatic heterocycles. The number of rotatable bonds is 10. The quantitative estimate of drug-likeness (QED) is 0.291. The molecule has 0 aromatic heterocycles. The number of para-hydroxylation sites is 2. The van der Waals surface area contributed by atoms with E-state index in [1.807, 2.05) is 60.7 Å². The smallest absolute Gasteiger partial charge is 0.406 e. The Hall–Kier alpha value is -4.63. The molecule has 0 radical (unpaired) electrons. The van der Waals surface area contributed by atoms with Gasteiger partial charge in [0.1, 0.15) is 28.7 Å². The van der Waals surface area contributed by atoms with Crippen molar-refractivity contribution in [3.8, 4) is 34.8 Å². The zero-order valence-electron chi connectivity index (χ0n) is 17.7. The maximum atomic E-state index is 8.98. The van der Waals surface area contributed by atoms with Crippen LogP contribution in [0, 0.1) is 11.3 Å². The summed E-state index contributed by atoms with van der Waals surface area (Å²) in [6, 6.07) is 34.5. The standard InChI is InChI=1S/C27H21NO5/c28-19-21-11-13-25(14-12-21)32-27(31-24-9-5-2-6-10-24)33-26-17-15-23(16-18-26)30-20-29-22-7-3-1-4-8-22/h1-18,27H,20H2. The number of hydrogen-bond acceptors (Lipinski definition) is 6. The molecule has 1 atom stereocenters. The van der Waals surface area contributed by atoms with E-state index in [1.165, 1.54) is 0 Å². The van der Waals surface area contributed by atoms with Gasteiger partial charge in [0, 0.05) is 0 Å². The predicted octanol–water partition coefficient (Wildman–Crippen LogP) is 5.79. The van der Waals surface area contributed by atoms with Crippen LogP contribution in [0.5, 0.6) is 28.7 Å². The molecule has 0 saturated heterocycles. The van der Waals surface area contributed by atoms with Gasteiger partial charge in [0.05, 0.1) is 11.6 Å². The average molecular weight is 439 g/mol. The number of benzene rings is 4. The van der Waals surface area contributed by atoms with Crippen molar-refractivity contribution in [3.05, 3.63) is 115 Å². The SMILES string of the molecule is N#Cc1ccc(OC(Oc2ccccc2)Oc2ccc(OCOc3ccccc3)cc2)cc1. The molecule has 33 heavy (non-hydrogen) atoms. The molecule has 0 aliphatic rings. The minimum atomic E-state index is -1.05. The predicted molar refractivity (Wildman–Crippen MR) is 122 cm³/mol. The molecule has 4 rings (SSSR count). The van der Waals surface area contributed by atoms with E-state index in [-0.39, 0.29) is 6.79 Å². The van der Waals surface area contributed by atoms with E-state index in [4.69, 9.17) is 28.9 Å². The Balaban J connectivity index is 1.38. The van der Waals surface area contributed by atoms with Crippen LogP contribution in [0.25, 0.3) is 0 Å². The molecule has 0 heterocycles. The summed E-state index contributed by atoms with van der Waals surface area (Å²) in [5.74, 6) is 2.99. The molecule has 6 heteroatoms. The van der Waals surface area contributed by atoms with E-state index in [1.54, 1.807) is 48.5 Å². The molecule has 0 saturated carbocycles. The third kappa shape index (κ3) is 6.68. The Morgan fingerprint density at radius 3 is 1.42 bits per heavy atom. The van der Waals surface area contributed by atoms with E-state index < -0.39 is 6.48 Å². The van der Waals surface area contributed by atoms with Gasteiger partial charge in [-0.25, -0.2) is 0 Å². The van der Waals surface area contributed by atoms with Gasteiger partial charge in [-0.3, -0.25) is 0 Å². The lowest BCUT2D eigenvalue weighted by molar-refractivity contribution is -0.140. The van der Waals surface area contributed by atoms with Crippen molar-refractivity contribution < 1.29 is 23.7 Å². The van der Waals surface area contributed by atoms with Crippen LogP contribution in [0.3, 0.4) is 0 Å². The monoisotopic (exact) mass is 439 g/mol. The van der Waals surface area contributed by atoms with Gasteiger partial charge < -0.3 is 23.7 Å². The van der Waals surface area contributed by atoms with E-state index in [2.05, 4.69) is 6.07 Å². The zero-order chi connectivity index (χ0) is 22.7. The van der Waals surface area contributed by atoms with E-state index in [0.717, 1.165) is 5.75 Å². The average Bonchev–Trinajstić information content (AvgIpc) is 2.87. The molecule has 0 fully saturated rings. The molecule has 0 aliphatic carbocycles. The molecule has 0 bridgehead atoms. The lowest BCUT2D eigenvalue weighted by Crippen LogP contribution is -2.30. The fourth-order valence-corrected chi connectivity index (χ4v) is 2.81. The second-order valence-corrected chi connectivity index (χ2v) is 6.78. The van der Waals surface area contributed by atoms with Gasteiger partial charge in [-0.05, 0) is 72.8 Å². The Labute approximate surface area is 192 Å². The third-order valence-corrected chi connectivity index (χ3v) is 4.44. The molecule has 6 nitrogen and oxygen atoms in total. The summed E-state index contributed by atoms with van der Waals surface area (Å²) >= 11 is 0. The van der Waals surface area contributed by atoms with Crippen molar-refractivity contribution in [2.45, 2.75) is 6.48 Å². The van der Waals surface area contributed by atoms with Crippen molar-refractivity contribution in [2.75, 3.05) is 6.79 Å². The Morgan fingerprint density at radius 2 is 0.909 bits per heavy atom. The van der Waals surface area contributed by atoms with Crippen LogP contribution in [0.2, 0.25) is 0 Å². The Morgan fingerprint density at radius 1 is 0.515 bits per heavy atom. The molecule has 4 aromatic rings. The normalized spacial score (nSPS) is 11.0. The number of hydrogen-bond donors (Lipinski definition) is 0.